The molecular formula is C15H19N5OS. The van der Waals surface area contributed by atoms with Gasteiger partial charge >= 0.3 is 6.03 Å². The maximum Gasteiger partial charge on any atom is 0.319 e. The number of hydrogen-bond acceptors (Lipinski definition) is 4. The Labute approximate surface area is 133 Å². The number of anilines is 1. The number of carbonyl (C=O) groups is 1. The summed E-state index contributed by atoms with van der Waals surface area (Å²) in [4.78, 5) is 16.4. The van der Waals surface area contributed by atoms with Crippen molar-refractivity contribution >= 4 is 23.5 Å². The number of nitrogens with zero attached hydrogens (tertiary/aromatic N) is 3. The van der Waals surface area contributed by atoms with Crippen molar-refractivity contribution < 1.29 is 4.79 Å². The van der Waals surface area contributed by atoms with E-state index in [4.69, 9.17) is 0 Å². The third-order valence-electron chi connectivity index (χ3n) is 3.71. The van der Waals surface area contributed by atoms with Crippen LogP contribution in [0.4, 0.5) is 10.5 Å². The van der Waals surface area contributed by atoms with Crippen LogP contribution in [0.1, 0.15) is 17.8 Å². The molecule has 1 atom stereocenters. The molecular weight excluding hydrogens is 298 g/mol. The predicted molar refractivity (Wildman–Crippen MR) is 87.9 cm³/mol. The van der Waals surface area contributed by atoms with E-state index in [1.165, 1.54) is 0 Å². The van der Waals surface area contributed by atoms with Gasteiger partial charge in [-0.05, 0) is 24.3 Å². The molecule has 2 aromatic rings. The first-order valence-electron chi connectivity index (χ1n) is 7.27. The molecule has 1 aromatic heterocycles. The zero-order chi connectivity index (χ0) is 15.4. The van der Waals surface area contributed by atoms with Crippen molar-refractivity contribution in [3.8, 4) is 0 Å². The van der Waals surface area contributed by atoms with Crippen LogP contribution in [0.25, 0.3) is 0 Å². The SMILES string of the molecule is CSCc1ccccc1NC(=O)NC1CCc2ncnn2C1. The molecule has 2 amide bonds. The molecule has 6 nitrogen and oxygen atoms in total. The Bertz CT molecular complexity index is 657. The van der Waals surface area contributed by atoms with Gasteiger partial charge in [0.15, 0.2) is 0 Å². The highest BCUT2D eigenvalue weighted by Crippen LogP contribution is 2.19. The van der Waals surface area contributed by atoms with Crippen LogP contribution in [0.5, 0.6) is 0 Å². The number of nitrogens with one attached hydrogen (secondary N) is 2. The van der Waals surface area contributed by atoms with Gasteiger partial charge in [0.25, 0.3) is 0 Å². The van der Waals surface area contributed by atoms with Gasteiger partial charge in [0.05, 0.1) is 12.6 Å². The minimum absolute atomic E-state index is 0.0851. The zero-order valence-electron chi connectivity index (χ0n) is 12.5. The average Bonchev–Trinajstić information content (AvgIpc) is 2.97. The van der Waals surface area contributed by atoms with Gasteiger partial charge in [-0.1, -0.05) is 18.2 Å². The molecule has 0 bridgehead atoms. The van der Waals surface area contributed by atoms with Crippen molar-refractivity contribution in [3.63, 3.8) is 0 Å². The van der Waals surface area contributed by atoms with Gasteiger partial charge in [-0.3, -0.25) is 0 Å². The fourth-order valence-electron chi connectivity index (χ4n) is 2.62. The average molecular weight is 317 g/mol. The van der Waals surface area contributed by atoms with Crippen molar-refractivity contribution in [1.82, 2.24) is 20.1 Å². The van der Waals surface area contributed by atoms with Gasteiger partial charge in [0.2, 0.25) is 0 Å². The Balaban J connectivity index is 1.59. The summed E-state index contributed by atoms with van der Waals surface area (Å²) in [5.74, 6) is 1.87. The molecule has 2 heterocycles. The molecule has 1 aromatic carbocycles. The molecule has 116 valence electrons. The first-order chi connectivity index (χ1) is 10.8. The lowest BCUT2D eigenvalue weighted by Gasteiger charge is -2.24. The van der Waals surface area contributed by atoms with E-state index >= 15 is 0 Å². The lowest BCUT2D eigenvalue weighted by molar-refractivity contribution is 0.243. The largest absolute Gasteiger partial charge is 0.333 e. The van der Waals surface area contributed by atoms with E-state index in [0.717, 1.165) is 35.7 Å². The van der Waals surface area contributed by atoms with E-state index in [9.17, 15) is 4.79 Å². The van der Waals surface area contributed by atoms with Gasteiger partial charge in [-0.25, -0.2) is 14.5 Å². The number of thioether (sulfide) groups is 1. The molecule has 0 saturated heterocycles. The van der Waals surface area contributed by atoms with E-state index in [2.05, 4.69) is 27.0 Å². The van der Waals surface area contributed by atoms with E-state index < -0.39 is 0 Å². The first-order valence-corrected chi connectivity index (χ1v) is 8.66. The minimum atomic E-state index is -0.165. The Kier molecular flexibility index (Phi) is 4.62. The molecule has 0 spiro atoms. The summed E-state index contributed by atoms with van der Waals surface area (Å²) in [6.07, 6.45) is 5.34. The second kappa shape index (κ2) is 6.83. The standard InChI is InChI=1S/C15H19N5OS/c1-22-9-11-4-2-3-5-13(11)19-15(21)18-12-6-7-14-16-10-17-20(14)8-12/h2-5,10,12H,6-9H2,1H3,(H2,18,19,21). The maximum absolute atomic E-state index is 12.2. The summed E-state index contributed by atoms with van der Waals surface area (Å²) in [6, 6.07) is 7.81. The van der Waals surface area contributed by atoms with Crippen LogP contribution in [0, 0.1) is 0 Å². The molecule has 1 aliphatic rings. The lowest BCUT2D eigenvalue weighted by Crippen LogP contribution is -2.43. The van der Waals surface area contributed by atoms with Crippen molar-refractivity contribution in [2.45, 2.75) is 31.2 Å². The quantitative estimate of drug-likeness (QED) is 0.907. The summed E-state index contributed by atoms with van der Waals surface area (Å²) in [7, 11) is 0. The van der Waals surface area contributed by atoms with Gasteiger partial charge in [0, 0.05) is 17.9 Å². The van der Waals surface area contributed by atoms with Crippen LogP contribution >= 0.6 is 11.8 Å². The number of benzene rings is 1. The summed E-state index contributed by atoms with van der Waals surface area (Å²) < 4.78 is 1.86. The summed E-state index contributed by atoms with van der Waals surface area (Å²) in [6.45, 7) is 0.676. The Morgan fingerprint density at radius 2 is 2.32 bits per heavy atom. The second-order valence-corrected chi connectivity index (χ2v) is 6.15. The number of carbonyl (C=O) groups excluding carboxylic acids is 1. The number of aryl methyl sites for hydroxylation is 1. The van der Waals surface area contributed by atoms with Crippen LogP contribution in [0.2, 0.25) is 0 Å². The highest BCUT2D eigenvalue weighted by molar-refractivity contribution is 7.97. The number of hydrogen-bond donors (Lipinski definition) is 2. The van der Waals surface area contributed by atoms with Crippen LogP contribution in [-0.2, 0) is 18.7 Å². The fourth-order valence-corrected chi connectivity index (χ4v) is 3.19. The Morgan fingerprint density at radius 1 is 1.45 bits per heavy atom. The summed E-state index contributed by atoms with van der Waals surface area (Å²) in [5.41, 5.74) is 2.00. The first kappa shape index (κ1) is 14.9. The molecule has 22 heavy (non-hydrogen) atoms. The maximum atomic E-state index is 12.2. The molecule has 0 aliphatic carbocycles. The second-order valence-electron chi connectivity index (χ2n) is 5.28. The number of rotatable bonds is 4. The smallest absolute Gasteiger partial charge is 0.319 e. The van der Waals surface area contributed by atoms with Crippen molar-refractivity contribution in [2.75, 3.05) is 11.6 Å². The van der Waals surface area contributed by atoms with Gasteiger partial charge in [-0.15, -0.1) is 0 Å². The van der Waals surface area contributed by atoms with Crippen molar-refractivity contribution in [1.29, 1.82) is 0 Å². The lowest BCUT2D eigenvalue weighted by atomic mass is 10.1. The number of para-hydroxylation sites is 1. The predicted octanol–water partition coefficient (Wildman–Crippen LogP) is 2.28. The summed E-state index contributed by atoms with van der Waals surface area (Å²) in [5, 5.41) is 10.1. The molecule has 0 radical (unpaired) electrons. The minimum Gasteiger partial charge on any atom is -0.333 e. The third kappa shape index (κ3) is 3.41. The van der Waals surface area contributed by atoms with Gasteiger partial charge in [-0.2, -0.15) is 16.9 Å². The number of amides is 2. The van der Waals surface area contributed by atoms with E-state index in [1.54, 1.807) is 18.1 Å². The zero-order valence-corrected chi connectivity index (χ0v) is 13.3. The highest BCUT2D eigenvalue weighted by Gasteiger charge is 2.21. The van der Waals surface area contributed by atoms with Crippen molar-refractivity contribution in [2.24, 2.45) is 0 Å². The molecule has 7 heteroatoms. The number of fused-ring (bicyclic) bond motifs is 1. The highest BCUT2D eigenvalue weighted by atomic mass is 32.2. The van der Waals surface area contributed by atoms with E-state index in [-0.39, 0.29) is 12.1 Å². The van der Waals surface area contributed by atoms with Crippen LogP contribution in [0.15, 0.2) is 30.6 Å². The van der Waals surface area contributed by atoms with Crippen LogP contribution in [0.3, 0.4) is 0 Å². The molecule has 0 saturated carbocycles. The topological polar surface area (TPSA) is 71.8 Å². The monoisotopic (exact) mass is 317 g/mol. The number of aromatic nitrogens is 3. The molecule has 3 rings (SSSR count). The molecule has 1 aliphatic heterocycles. The van der Waals surface area contributed by atoms with Crippen LogP contribution < -0.4 is 10.6 Å². The fraction of sp³-hybridized carbons (Fsp3) is 0.400. The Morgan fingerprint density at radius 3 is 3.18 bits per heavy atom. The van der Waals surface area contributed by atoms with Gasteiger partial charge in [0.1, 0.15) is 12.2 Å². The normalized spacial score (nSPS) is 16.9. The number of urea groups is 1. The van der Waals surface area contributed by atoms with Crippen molar-refractivity contribution in [3.05, 3.63) is 42.0 Å². The van der Waals surface area contributed by atoms with Crippen LogP contribution in [-0.4, -0.2) is 33.1 Å². The third-order valence-corrected chi connectivity index (χ3v) is 4.31. The van der Waals surface area contributed by atoms with E-state index in [1.807, 2.05) is 28.9 Å². The summed E-state index contributed by atoms with van der Waals surface area (Å²) >= 11 is 1.73. The molecule has 2 N–H and O–H groups in total. The Hall–Kier alpha value is -2.02. The molecule has 0 fully saturated rings. The molecule has 1 unspecified atom stereocenters. The van der Waals surface area contributed by atoms with E-state index in [0.29, 0.717) is 6.54 Å². The van der Waals surface area contributed by atoms with Gasteiger partial charge < -0.3 is 10.6 Å².